The van der Waals surface area contributed by atoms with Crippen molar-refractivity contribution >= 4 is 5.91 Å². The fourth-order valence-electron chi connectivity index (χ4n) is 3.76. The van der Waals surface area contributed by atoms with Gasteiger partial charge in [-0.05, 0) is 42.7 Å². The molecular formula is C18H23F3N2O. The van der Waals surface area contributed by atoms with E-state index in [-0.39, 0.29) is 23.8 Å². The van der Waals surface area contributed by atoms with Gasteiger partial charge in [0.1, 0.15) is 0 Å². The molecule has 1 aliphatic heterocycles. The van der Waals surface area contributed by atoms with Gasteiger partial charge < -0.3 is 10.6 Å². The minimum Gasteiger partial charge on any atom is -0.338 e. The van der Waals surface area contributed by atoms with E-state index in [0.717, 1.165) is 18.9 Å². The van der Waals surface area contributed by atoms with Gasteiger partial charge in [-0.2, -0.15) is 13.2 Å². The number of likely N-dealkylation sites (tertiary alicyclic amines) is 1. The van der Waals surface area contributed by atoms with E-state index in [0.29, 0.717) is 31.0 Å². The number of carbonyl (C=O) groups is 1. The number of rotatable bonds is 3. The van der Waals surface area contributed by atoms with Crippen molar-refractivity contribution in [3.8, 4) is 0 Å². The maximum atomic E-state index is 12.8. The SMILES string of the molecule is CC1CCN(C(=O)C2CC2c2cccc(C(F)(F)F)c2)C(CN)C1. The Labute approximate surface area is 140 Å². The number of amides is 1. The molecule has 1 amide bonds. The van der Waals surface area contributed by atoms with Gasteiger partial charge in [-0.25, -0.2) is 0 Å². The molecular weight excluding hydrogens is 317 g/mol. The number of nitrogens with zero attached hydrogens (tertiary/aromatic N) is 1. The number of nitrogens with two attached hydrogens (primary N) is 1. The van der Waals surface area contributed by atoms with Gasteiger partial charge in [0, 0.05) is 25.0 Å². The molecule has 2 aliphatic rings. The molecule has 1 saturated heterocycles. The van der Waals surface area contributed by atoms with Gasteiger partial charge in [0.05, 0.1) is 5.56 Å². The van der Waals surface area contributed by atoms with Crippen LogP contribution in [0.3, 0.4) is 0 Å². The summed E-state index contributed by atoms with van der Waals surface area (Å²) >= 11 is 0. The van der Waals surface area contributed by atoms with Crippen LogP contribution in [0.5, 0.6) is 0 Å². The Balaban J connectivity index is 1.70. The summed E-state index contributed by atoms with van der Waals surface area (Å²) in [7, 11) is 0. The third-order valence-corrected chi connectivity index (χ3v) is 5.28. The lowest BCUT2D eigenvalue weighted by atomic mass is 9.92. The van der Waals surface area contributed by atoms with Crippen LogP contribution in [0.4, 0.5) is 13.2 Å². The molecule has 2 fully saturated rings. The highest BCUT2D eigenvalue weighted by Crippen LogP contribution is 2.49. The number of carbonyl (C=O) groups excluding carboxylic acids is 1. The molecule has 1 aliphatic carbocycles. The highest BCUT2D eigenvalue weighted by Gasteiger charge is 2.47. The third kappa shape index (κ3) is 3.43. The van der Waals surface area contributed by atoms with Gasteiger partial charge in [0.15, 0.2) is 0 Å². The maximum absolute atomic E-state index is 12.8. The summed E-state index contributed by atoms with van der Waals surface area (Å²) in [5.74, 6) is 0.314. The normalized spacial score (nSPS) is 30.3. The van der Waals surface area contributed by atoms with Crippen LogP contribution < -0.4 is 5.73 Å². The molecule has 3 rings (SSSR count). The van der Waals surface area contributed by atoms with E-state index in [9.17, 15) is 18.0 Å². The van der Waals surface area contributed by atoms with Crippen LogP contribution in [0, 0.1) is 11.8 Å². The van der Waals surface area contributed by atoms with Crippen molar-refractivity contribution in [2.45, 2.75) is 44.3 Å². The molecule has 2 N–H and O–H groups in total. The van der Waals surface area contributed by atoms with Crippen LogP contribution in [-0.2, 0) is 11.0 Å². The van der Waals surface area contributed by atoms with E-state index in [2.05, 4.69) is 6.92 Å². The molecule has 0 aromatic heterocycles. The summed E-state index contributed by atoms with van der Waals surface area (Å²) in [5.41, 5.74) is 5.77. The Bertz CT molecular complexity index is 617. The molecule has 132 valence electrons. The van der Waals surface area contributed by atoms with Crippen molar-refractivity contribution in [1.29, 1.82) is 0 Å². The zero-order valence-electron chi connectivity index (χ0n) is 13.7. The molecule has 6 heteroatoms. The molecule has 0 spiro atoms. The minimum atomic E-state index is -4.35. The van der Waals surface area contributed by atoms with E-state index in [1.807, 2.05) is 4.90 Å². The van der Waals surface area contributed by atoms with Crippen molar-refractivity contribution in [1.82, 2.24) is 4.90 Å². The predicted octanol–water partition coefficient (Wildman–Crippen LogP) is 3.39. The van der Waals surface area contributed by atoms with Crippen LogP contribution in [0.2, 0.25) is 0 Å². The number of piperidine rings is 1. The molecule has 0 bridgehead atoms. The van der Waals surface area contributed by atoms with Crippen molar-refractivity contribution in [2.75, 3.05) is 13.1 Å². The van der Waals surface area contributed by atoms with Crippen LogP contribution in [-0.4, -0.2) is 29.9 Å². The average Bonchev–Trinajstić information content (AvgIpc) is 3.34. The standard InChI is InChI=1S/C18H23F3N2O/c1-11-5-6-23(14(7-11)10-22)17(24)16-9-15(16)12-3-2-4-13(8-12)18(19,20)21/h2-4,8,11,14-16H,5-7,9-10,22H2,1H3. The van der Waals surface area contributed by atoms with Gasteiger partial charge in [-0.15, -0.1) is 0 Å². The largest absolute Gasteiger partial charge is 0.416 e. The van der Waals surface area contributed by atoms with Crippen LogP contribution in [0.1, 0.15) is 43.2 Å². The van der Waals surface area contributed by atoms with Crippen LogP contribution in [0.15, 0.2) is 24.3 Å². The first kappa shape index (κ1) is 17.3. The first-order valence-corrected chi connectivity index (χ1v) is 8.49. The van der Waals surface area contributed by atoms with E-state index in [1.54, 1.807) is 6.07 Å². The molecule has 1 saturated carbocycles. The Morgan fingerprint density at radius 1 is 1.33 bits per heavy atom. The fourth-order valence-corrected chi connectivity index (χ4v) is 3.76. The van der Waals surface area contributed by atoms with Gasteiger partial charge >= 0.3 is 6.18 Å². The lowest BCUT2D eigenvalue weighted by Gasteiger charge is -2.38. The fraction of sp³-hybridized carbons (Fsp3) is 0.611. The monoisotopic (exact) mass is 340 g/mol. The summed E-state index contributed by atoms with van der Waals surface area (Å²) in [6.07, 6.45) is -1.85. The van der Waals surface area contributed by atoms with Crippen molar-refractivity contribution in [2.24, 2.45) is 17.6 Å². The quantitative estimate of drug-likeness (QED) is 0.917. The molecule has 24 heavy (non-hydrogen) atoms. The van der Waals surface area contributed by atoms with Crippen molar-refractivity contribution in [3.63, 3.8) is 0 Å². The van der Waals surface area contributed by atoms with Crippen molar-refractivity contribution < 1.29 is 18.0 Å². The van der Waals surface area contributed by atoms with Crippen LogP contribution >= 0.6 is 0 Å². The summed E-state index contributed by atoms with van der Waals surface area (Å²) in [4.78, 5) is 14.6. The lowest BCUT2D eigenvalue weighted by molar-refractivity contribution is -0.137. The summed E-state index contributed by atoms with van der Waals surface area (Å²) < 4.78 is 38.5. The maximum Gasteiger partial charge on any atom is 0.416 e. The summed E-state index contributed by atoms with van der Waals surface area (Å²) in [6, 6.07) is 5.41. The molecule has 3 nitrogen and oxygen atoms in total. The topological polar surface area (TPSA) is 46.3 Å². The van der Waals surface area contributed by atoms with Crippen LogP contribution in [0.25, 0.3) is 0 Å². The Morgan fingerprint density at radius 2 is 2.08 bits per heavy atom. The average molecular weight is 340 g/mol. The number of alkyl halides is 3. The second-order valence-electron chi connectivity index (χ2n) is 7.12. The smallest absolute Gasteiger partial charge is 0.338 e. The number of halogens is 3. The van der Waals surface area contributed by atoms with E-state index < -0.39 is 11.7 Å². The molecule has 1 heterocycles. The summed E-state index contributed by atoms with van der Waals surface area (Å²) in [5, 5.41) is 0. The van der Waals surface area contributed by atoms with Gasteiger partial charge in [0.25, 0.3) is 0 Å². The van der Waals surface area contributed by atoms with E-state index >= 15 is 0 Å². The first-order chi connectivity index (χ1) is 11.3. The predicted molar refractivity (Wildman–Crippen MR) is 85.2 cm³/mol. The second-order valence-corrected chi connectivity index (χ2v) is 7.12. The van der Waals surface area contributed by atoms with Gasteiger partial charge in [0.2, 0.25) is 5.91 Å². The highest BCUT2D eigenvalue weighted by molar-refractivity contribution is 5.83. The Kier molecular flexibility index (Phi) is 4.60. The van der Waals surface area contributed by atoms with Gasteiger partial charge in [-0.3, -0.25) is 4.79 Å². The molecule has 0 radical (unpaired) electrons. The second kappa shape index (κ2) is 6.39. The zero-order chi connectivity index (χ0) is 17.5. The number of hydrogen-bond donors (Lipinski definition) is 1. The first-order valence-electron chi connectivity index (χ1n) is 8.49. The number of hydrogen-bond acceptors (Lipinski definition) is 2. The Hall–Kier alpha value is -1.56. The summed E-state index contributed by atoms with van der Waals surface area (Å²) in [6.45, 7) is 3.30. The molecule has 1 aromatic rings. The molecule has 1 aromatic carbocycles. The number of benzene rings is 1. The highest BCUT2D eigenvalue weighted by atomic mass is 19.4. The third-order valence-electron chi connectivity index (χ3n) is 5.28. The molecule has 4 unspecified atom stereocenters. The lowest BCUT2D eigenvalue weighted by Crippen LogP contribution is -2.49. The zero-order valence-corrected chi connectivity index (χ0v) is 13.7. The Morgan fingerprint density at radius 3 is 2.75 bits per heavy atom. The van der Waals surface area contributed by atoms with E-state index in [4.69, 9.17) is 5.73 Å². The van der Waals surface area contributed by atoms with Crippen molar-refractivity contribution in [3.05, 3.63) is 35.4 Å². The van der Waals surface area contributed by atoms with E-state index in [1.165, 1.54) is 12.1 Å². The minimum absolute atomic E-state index is 0.0553. The molecule has 4 atom stereocenters. The van der Waals surface area contributed by atoms with Gasteiger partial charge in [-0.1, -0.05) is 25.1 Å².